The van der Waals surface area contributed by atoms with E-state index in [1.165, 1.54) is 25.0 Å². The Bertz CT molecular complexity index is 546. The molecular formula is C19H27FN2O2. The van der Waals surface area contributed by atoms with Gasteiger partial charge in [-0.2, -0.15) is 0 Å². The number of piperidine rings is 1. The number of amides is 1. The fourth-order valence-electron chi connectivity index (χ4n) is 3.62. The first-order valence-electron chi connectivity index (χ1n) is 9.09. The molecule has 2 heterocycles. The highest BCUT2D eigenvalue weighted by atomic mass is 19.1. The molecule has 0 N–H and O–H groups in total. The van der Waals surface area contributed by atoms with Crippen LogP contribution in [0.5, 0.6) is 5.75 Å². The second-order valence-corrected chi connectivity index (χ2v) is 6.92. The first-order chi connectivity index (χ1) is 11.7. The molecule has 2 aliphatic heterocycles. The highest BCUT2D eigenvalue weighted by Gasteiger charge is 2.24. The van der Waals surface area contributed by atoms with Gasteiger partial charge in [-0.25, -0.2) is 4.39 Å². The number of carbonyl (C=O) groups excluding carboxylic acids is 1. The minimum Gasteiger partial charge on any atom is -0.493 e. The molecule has 0 saturated carbocycles. The van der Waals surface area contributed by atoms with Gasteiger partial charge in [0, 0.05) is 38.0 Å². The lowest BCUT2D eigenvalue weighted by Crippen LogP contribution is -2.42. The summed E-state index contributed by atoms with van der Waals surface area (Å²) in [5, 5.41) is 0. The van der Waals surface area contributed by atoms with Crippen molar-refractivity contribution in [3.63, 3.8) is 0 Å². The Morgan fingerprint density at radius 3 is 2.83 bits per heavy atom. The number of hydrogen-bond acceptors (Lipinski definition) is 3. The molecule has 132 valence electrons. The number of nitrogens with zero attached hydrogens (tertiary/aromatic N) is 2. The summed E-state index contributed by atoms with van der Waals surface area (Å²) in [6.07, 6.45) is 5.23. The van der Waals surface area contributed by atoms with Crippen LogP contribution in [0.25, 0.3) is 0 Å². The minimum atomic E-state index is -0.283. The lowest BCUT2D eigenvalue weighted by Gasteiger charge is -2.33. The maximum atomic E-state index is 13.2. The zero-order chi connectivity index (χ0) is 16.8. The number of carbonyl (C=O) groups is 1. The fraction of sp³-hybridized carbons (Fsp3) is 0.632. The molecule has 24 heavy (non-hydrogen) atoms. The van der Waals surface area contributed by atoms with Gasteiger partial charge in [0.05, 0.1) is 6.61 Å². The van der Waals surface area contributed by atoms with Crippen molar-refractivity contribution < 1.29 is 13.9 Å². The summed E-state index contributed by atoms with van der Waals surface area (Å²) in [4.78, 5) is 16.8. The lowest BCUT2D eigenvalue weighted by atomic mass is 9.98. The van der Waals surface area contributed by atoms with Crippen molar-refractivity contribution in [1.29, 1.82) is 0 Å². The normalized spacial score (nSPS) is 21.9. The maximum absolute atomic E-state index is 13.2. The van der Waals surface area contributed by atoms with E-state index in [1.54, 1.807) is 12.1 Å². The summed E-state index contributed by atoms with van der Waals surface area (Å²) in [6.45, 7) is 5.32. The molecule has 1 aromatic carbocycles. The van der Waals surface area contributed by atoms with Crippen molar-refractivity contribution >= 4 is 5.91 Å². The summed E-state index contributed by atoms with van der Waals surface area (Å²) < 4.78 is 18.9. The molecule has 3 rings (SSSR count). The summed E-state index contributed by atoms with van der Waals surface area (Å²) in [6, 6.07) is 6.24. The first kappa shape index (κ1) is 17.2. The van der Waals surface area contributed by atoms with Crippen molar-refractivity contribution in [2.24, 2.45) is 5.92 Å². The van der Waals surface area contributed by atoms with E-state index < -0.39 is 0 Å². The Morgan fingerprint density at radius 2 is 2.04 bits per heavy atom. The minimum absolute atomic E-state index is 0.261. The van der Waals surface area contributed by atoms with Crippen LogP contribution in [0, 0.1) is 11.7 Å². The second-order valence-electron chi connectivity index (χ2n) is 6.92. The molecular weight excluding hydrogens is 307 g/mol. The average molecular weight is 334 g/mol. The lowest BCUT2D eigenvalue weighted by molar-refractivity contribution is -0.133. The van der Waals surface area contributed by atoms with E-state index >= 15 is 0 Å². The zero-order valence-corrected chi connectivity index (χ0v) is 14.3. The van der Waals surface area contributed by atoms with Gasteiger partial charge in [-0.15, -0.1) is 0 Å². The number of halogens is 1. The molecule has 1 atom stereocenters. The Labute approximate surface area is 143 Å². The van der Waals surface area contributed by atoms with Crippen LogP contribution in [0.15, 0.2) is 24.3 Å². The molecule has 0 bridgehead atoms. The number of rotatable bonds is 6. The predicted octanol–water partition coefficient (Wildman–Crippen LogP) is 2.93. The van der Waals surface area contributed by atoms with Crippen LogP contribution < -0.4 is 4.74 Å². The highest BCUT2D eigenvalue weighted by Crippen LogP contribution is 2.20. The molecule has 0 spiro atoms. The SMILES string of the molecule is O=C(CCN1CCCC1)N1CCC[C@@H](COc2cccc(F)c2)C1. The third kappa shape index (κ3) is 4.94. The molecule has 1 aromatic rings. The molecule has 0 radical (unpaired) electrons. The third-order valence-electron chi connectivity index (χ3n) is 4.99. The third-order valence-corrected chi connectivity index (χ3v) is 4.99. The van der Waals surface area contributed by atoms with Crippen LogP contribution in [0.4, 0.5) is 4.39 Å². The van der Waals surface area contributed by atoms with Gasteiger partial charge in [0.1, 0.15) is 11.6 Å². The van der Waals surface area contributed by atoms with Crippen LogP contribution >= 0.6 is 0 Å². The Balaban J connectivity index is 1.42. The molecule has 0 unspecified atom stereocenters. The smallest absolute Gasteiger partial charge is 0.223 e. The molecule has 2 aliphatic rings. The summed E-state index contributed by atoms with van der Waals surface area (Å²) in [5.74, 6) is 0.873. The summed E-state index contributed by atoms with van der Waals surface area (Å²) in [7, 11) is 0. The van der Waals surface area contributed by atoms with Crippen molar-refractivity contribution in [2.45, 2.75) is 32.1 Å². The van der Waals surface area contributed by atoms with Gasteiger partial charge in [0.2, 0.25) is 5.91 Å². The molecule has 5 heteroatoms. The van der Waals surface area contributed by atoms with E-state index in [1.807, 2.05) is 4.90 Å². The van der Waals surface area contributed by atoms with E-state index in [4.69, 9.17) is 4.74 Å². The number of benzene rings is 1. The van der Waals surface area contributed by atoms with E-state index in [0.717, 1.165) is 45.6 Å². The number of hydrogen-bond donors (Lipinski definition) is 0. The van der Waals surface area contributed by atoms with Gasteiger partial charge < -0.3 is 14.5 Å². The monoisotopic (exact) mass is 334 g/mol. The molecule has 2 fully saturated rings. The van der Waals surface area contributed by atoms with Crippen LogP contribution in [0.2, 0.25) is 0 Å². The predicted molar refractivity (Wildman–Crippen MR) is 91.5 cm³/mol. The van der Waals surface area contributed by atoms with Crippen LogP contribution in [0.1, 0.15) is 32.1 Å². The van der Waals surface area contributed by atoms with E-state index in [-0.39, 0.29) is 11.7 Å². The van der Waals surface area contributed by atoms with Crippen molar-refractivity contribution in [3.8, 4) is 5.75 Å². The molecule has 4 nitrogen and oxygen atoms in total. The Hall–Kier alpha value is -1.62. The van der Waals surface area contributed by atoms with Gasteiger partial charge in [-0.05, 0) is 50.9 Å². The van der Waals surface area contributed by atoms with Crippen LogP contribution in [-0.2, 0) is 4.79 Å². The van der Waals surface area contributed by atoms with Gasteiger partial charge in [0.15, 0.2) is 0 Å². The van der Waals surface area contributed by atoms with Crippen LogP contribution in [-0.4, -0.2) is 55.0 Å². The highest BCUT2D eigenvalue weighted by molar-refractivity contribution is 5.76. The van der Waals surface area contributed by atoms with Gasteiger partial charge >= 0.3 is 0 Å². The van der Waals surface area contributed by atoms with Crippen molar-refractivity contribution in [3.05, 3.63) is 30.1 Å². The zero-order valence-electron chi connectivity index (χ0n) is 14.3. The van der Waals surface area contributed by atoms with Crippen molar-refractivity contribution in [2.75, 3.05) is 39.3 Å². The van der Waals surface area contributed by atoms with Gasteiger partial charge in [0.25, 0.3) is 0 Å². The van der Waals surface area contributed by atoms with Crippen molar-refractivity contribution in [1.82, 2.24) is 9.80 Å². The Kier molecular flexibility index (Phi) is 6.07. The molecule has 1 amide bonds. The second kappa shape index (κ2) is 8.47. The Morgan fingerprint density at radius 1 is 1.21 bits per heavy atom. The first-order valence-corrected chi connectivity index (χ1v) is 9.09. The van der Waals surface area contributed by atoms with Crippen LogP contribution in [0.3, 0.4) is 0 Å². The summed E-state index contributed by atoms with van der Waals surface area (Å²) in [5.41, 5.74) is 0. The standard InChI is InChI=1S/C19H27FN2O2/c20-17-6-3-7-18(13-17)24-15-16-5-4-11-22(14-16)19(23)8-12-21-9-1-2-10-21/h3,6-7,13,16H,1-2,4-5,8-12,14-15H2/t16-/m1/s1. The van der Waals surface area contributed by atoms with Gasteiger partial charge in [-0.3, -0.25) is 4.79 Å². The van der Waals surface area contributed by atoms with E-state index in [0.29, 0.717) is 24.7 Å². The fourth-order valence-corrected chi connectivity index (χ4v) is 3.62. The number of ether oxygens (including phenoxy) is 1. The number of likely N-dealkylation sites (tertiary alicyclic amines) is 2. The topological polar surface area (TPSA) is 32.8 Å². The average Bonchev–Trinajstić information content (AvgIpc) is 3.12. The molecule has 0 aromatic heterocycles. The van der Waals surface area contributed by atoms with Gasteiger partial charge in [-0.1, -0.05) is 6.07 Å². The molecule has 0 aliphatic carbocycles. The molecule has 2 saturated heterocycles. The quantitative estimate of drug-likeness (QED) is 0.802. The maximum Gasteiger partial charge on any atom is 0.223 e. The largest absolute Gasteiger partial charge is 0.493 e. The van der Waals surface area contributed by atoms with E-state index in [9.17, 15) is 9.18 Å². The van der Waals surface area contributed by atoms with E-state index in [2.05, 4.69) is 4.90 Å². The summed E-state index contributed by atoms with van der Waals surface area (Å²) >= 11 is 0.